The van der Waals surface area contributed by atoms with E-state index >= 15 is 0 Å². The molecule has 2 aromatic rings. The Morgan fingerprint density at radius 2 is 2.11 bits per heavy atom. The fourth-order valence-corrected chi connectivity index (χ4v) is 2.65. The fraction of sp³-hybridized carbons (Fsp3) is 0.357. The molecular formula is C14H13ClN4. The van der Waals surface area contributed by atoms with Crippen LogP contribution in [0.5, 0.6) is 0 Å². The smallest absolute Gasteiger partial charge is 0.136 e. The molecule has 1 saturated heterocycles. The second kappa shape index (κ2) is 5.02. The van der Waals surface area contributed by atoms with Gasteiger partial charge in [-0.25, -0.2) is 9.97 Å². The normalized spacial score (nSPS) is 16.5. The van der Waals surface area contributed by atoms with Crippen molar-refractivity contribution < 1.29 is 0 Å². The average Bonchev–Trinajstić information content (AvgIpc) is 2.47. The molecule has 3 heterocycles. The number of nitriles is 1. The van der Waals surface area contributed by atoms with Crippen molar-refractivity contribution in [3.05, 3.63) is 29.7 Å². The minimum atomic E-state index is 0.177. The maximum atomic E-state index is 8.95. The van der Waals surface area contributed by atoms with Crippen LogP contribution in [0, 0.1) is 17.2 Å². The van der Waals surface area contributed by atoms with Crippen molar-refractivity contribution in [2.24, 2.45) is 5.92 Å². The number of halogens is 1. The first-order chi connectivity index (χ1) is 9.28. The Kier molecular flexibility index (Phi) is 3.22. The zero-order valence-electron chi connectivity index (χ0n) is 10.4. The van der Waals surface area contributed by atoms with Crippen LogP contribution >= 0.6 is 11.6 Å². The van der Waals surface area contributed by atoms with Crippen molar-refractivity contribution in [2.75, 3.05) is 18.0 Å². The van der Waals surface area contributed by atoms with Gasteiger partial charge < -0.3 is 4.90 Å². The van der Waals surface area contributed by atoms with Crippen LogP contribution in [0.2, 0.25) is 5.15 Å². The Bertz CT molecular complexity index is 641. The number of fused-ring (bicyclic) bond motifs is 1. The number of piperidine rings is 1. The maximum absolute atomic E-state index is 8.95. The van der Waals surface area contributed by atoms with Gasteiger partial charge in [-0.15, -0.1) is 0 Å². The zero-order valence-corrected chi connectivity index (χ0v) is 11.1. The van der Waals surface area contributed by atoms with E-state index in [2.05, 4.69) is 20.9 Å². The second-order valence-electron chi connectivity index (χ2n) is 4.75. The molecule has 0 N–H and O–H groups in total. The summed E-state index contributed by atoms with van der Waals surface area (Å²) < 4.78 is 0. The van der Waals surface area contributed by atoms with E-state index in [1.54, 1.807) is 12.4 Å². The van der Waals surface area contributed by atoms with Crippen LogP contribution < -0.4 is 4.90 Å². The van der Waals surface area contributed by atoms with Crippen LogP contribution in [0.3, 0.4) is 0 Å². The minimum absolute atomic E-state index is 0.177. The molecule has 0 aromatic carbocycles. The van der Waals surface area contributed by atoms with E-state index in [4.69, 9.17) is 16.9 Å². The highest BCUT2D eigenvalue weighted by Crippen LogP contribution is 2.28. The van der Waals surface area contributed by atoms with Gasteiger partial charge in [0.05, 0.1) is 6.07 Å². The zero-order chi connectivity index (χ0) is 13.2. The van der Waals surface area contributed by atoms with Gasteiger partial charge in [0.1, 0.15) is 11.0 Å². The average molecular weight is 273 g/mol. The third kappa shape index (κ3) is 2.34. The molecule has 0 saturated carbocycles. The molecule has 0 amide bonds. The van der Waals surface area contributed by atoms with Crippen LogP contribution in [-0.2, 0) is 0 Å². The first kappa shape index (κ1) is 12.2. The highest BCUT2D eigenvalue weighted by atomic mass is 35.5. The third-order valence-electron chi connectivity index (χ3n) is 3.57. The number of hydrogen-bond donors (Lipinski definition) is 0. The van der Waals surface area contributed by atoms with Gasteiger partial charge >= 0.3 is 0 Å². The van der Waals surface area contributed by atoms with Crippen molar-refractivity contribution in [2.45, 2.75) is 12.8 Å². The first-order valence-corrected chi connectivity index (χ1v) is 6.70. The van der Waals surface area contributed by atoms with E-state index in [0.29, 0.717) is 5.15 Å². The van der Waals surface area contributed by atoms with Crippen LogP contribution in [0.25, 0.3) is 10.8 Å². The van der Waals surface area contributed by atoms with Gasteiger partial charge in [-0.3, -0.25) is 0 Å². The largest absolute Gasteiger partial charge is 0.356 e. The number of aromatic nitrogens is 2. The summed E-state index contributed by atoms with van der Waals surface area (Å²) in [5.74, 6) is 1.12. The van der Waals surface area contributed by atoms with Gasteiger partial charge in [0.25, 0.3) is 0 Å². The highest BCUT2D eigenvalue weighted by molar-refractivity contribution is 6.30. The quantitative estimate of drug-likeness (QED) is 0.749. The Hall–Kier alpha value is -1.86. The Morgan fingerprint density at radius 3 is 2.84 bits per heavy atom. The molecular weight excluding hydrogens is 260 g/mol. The van der Waals surface area contributed by atoms with Crippen molar-refractivity contribution >= 4 is 28.2 Å². The van der Waals surface area contributed by atoms with Crippen LogP contribution in [0.15, 0.2) is 24.5 Å². The van der Waals surface area contributed by atoms with Crippen molar-refractivity contribution in [1.82, 2.24) is 9.97 Å². The number of pyridine rings is 2. The van der Waals surface area contributed by atoms with Crippen LogP contribution in [0.4, 0.5) is 5.82 Å². The summed E-state index contributed by atoms with van der Waals surface area (Å²) in [6.45, 7) is 1.73. The predicted molar refractivity (Wildman–Crippen MR) is 75.1 cm³/mol. The van der Waals surface area contributed by atoms with Gasteiger partial charge in [-0.1, -0.05) is 11.6 Å². The molecule has 3 rings (SSSR count). The predicted octanol–water partition coefficient (Wildman–Crippen LogP) is 3.02. The van der Waals surface area contributed by atoms with Crippen molar-refractivity contribution in [1.29, 1.82) is 5.26 Å². The lowest BCUT2D eigenvalue weighted by molar-refractivity contribution is 0.486. The Morgan fingerprint density at radius 1 is 1.32 bits per heavy atom. The molecule has 0 unspecified atom stereocenters. The second-order valence-corrected chi connectivity index (χ2v) is 5.14. The molecule has 0 radical (unpaired) electrons. The minimum Gasteiger partial charge on any atom is -0.356 e. The summed E-state index contributed by atoms with van der Waals surface area (Å²) in [4.78, 5) is 10.8. The van der Waals surface area contributed by atoms with Crippen molar-refractivity contribution in [3.8, 4) is 6.07 Å². The molecule has 19 heavy (non-hydrogen) atoms. The lowest BCUT2D eigenvalue weighted by Gasteiger charge is -2.30. The number of nitrogens with zero attached hydrogens (tertiary/aromatic N) is 4. The molecule has 1 aliphatic heterocycles. The molecule has 4 nitrogen and oxygen atoms in total. The summed E-state index contributed by atoms with van der Waals surface area (Å²) in [7, 11) is 0. The number of hydrogen-bond acceptors (Lipinski definition) is 4. The number of anilines is 1. The highest BCUT2D eigenvalue weighted by Gasteiger charge is 2.21. The molecule has 0 spiro atoms. The molecule has 1 aliphatic rings. The fourth-order valence-electron chi connectivity index (χ4n) is 2.50. The van der Waals surface area contributed by atoms with E-state index in [1.807, 2.05) is 12.1 Å². The van der Waals surface area contributed by atoms with Gasteiger partial charge in [0, 0.05) is 42.2 Å². The lowest BCUT2D eigenvalue weighted by Crippen LogP contribution is -2.33. The molecule has 1 fully saturated rings. The molecule has 0 bridgehead atoms. The van der Waals surface area contributed by atoms with Gasteiger partial charge in [-0.05, 0) is 25.0 Å². The SMILES string of the molecule is N#CC1CCN(c2nccc3cnc(Cl)cc23)CC1. The molecule has 0 atom stereocenters. The van der Waals surface area contributed by atoms with E-state index in [1.165, 1.54) is 0 Å². The summed E-state index contributed by atoms with van der Waals surface area (Å²) in [5.41, 5.74) is 0. The van der Waals surface area contributed by atoms with E-state index in [0.717, 1.165) is 42.5 Å². The monoisotopic (exact) mass is 272 g/mol. The Labute approximate surface area is 116 Å². The number of rotatable bonds is 1. The summed E-state index contributed by atoms with van der Waals surface area (Å²) in [5, 5.41) is 11.5. The topological polar surface area (TPSA) is 52.8 Å². The van der Waals surface area contributed by atoms with Gasteiger partial charge in [0.15, 0.2) is 0 Å². The van der Waals surface area contributed by atoms with Crippen molar-refractivity contribution in [3.63, 3.8) is 0 Å². The van der Waals surface area contributed by atoms with Crippen LogP contribution in [-0.4, -0.2) is 23.1 Å². The summed E-state index contributed by atoms with van der Waals surface area (Å²) in [6, 6.07) is 6.14. The molecule has 96 valence electrons. The maximum Gasteiger partial charge on any atom is 0.136 e. The van der Waals surface area contributed by atoms with E-state index in [-0.39, 0.29) is 5.92 Å². The van der Waals surface area contributed by atoms with Gasteiger partial charge in [0.2, 0.25) is 0 Å². The molecule has 5 heteroatoms. The Balaban J connectivity index is 1.97. The van der Waals surface area contributed by atoms with E-state index < -0.39 is 0 Å². The summed E-state index contributed by atoms with van der Waals surface area (Å²) >= 11 is 5.97. The lowest BCUT2D eigenvalue weighted by atomic mass is 9.98. The third-order valence-corrected chi connectivity index (χ3v) is 3.78. The van der Waals surface area contributed by atoms with E-state index in [9.17, 15) is 0 Å². The first-order valence-electron chi connectivity index (χ1n) is 6.33. The van der Waals surface area contributed by atoms with Gasteiger partial charge in [-0.2, -0.15) is 5.26 Å². The summed E-state index contributed by atoms with van der Waals surface area (Å²) in [6.07, 6.45) is 5.36. The molecule has 0 aliphatic carbocycles. The standard InChI is InChI=1S/C14H13ClN4/c15-13-7-12-11(9-18-13)1-4-17-14(12)19-5-2-10(8-16)3-6-19/h1,4,7,9-10H,2-3,5-6H2. The molecule has 2 aromatic heterocycles. The van der Waals surface area contributed by atoms with Crippen LogP contribution in [0.1, 0.15) is 12.8 Å².